The van der Waals surface area contributed by atoms with Gasteiger partial charge in [-0.3, -0.25) is 0 Å². The average Bonchev–Trinajstić information content (AvgIpc) is 2.81. The number of nitriles is 2. The van der Waals surface area contributed by atoms with Crippen molar-refractivity contribution in [1.29, 1.82) is 10.5 Å². The molecule has 34 heavy (non-hydrogen) atoms. The normalized spacial score (nSPS) is 12.1. The number of rotatable bonds is 3. The van der Waals surface area contributed by atoms with Gasteiger partial charge in [0, 0.05) is 10.8 Å². The molecule has 0 saturated heterocycles. The zero-order valence-electron chi connectivity index (χ0n) is 21.1. The largest absolute Gasteiger partial charge is 0.192 e. The number of aryl methyl sites for hydroxylation is 1. The van der Waals surface area contributed by atoms with Crippen molar-refractivity contribution in [3.05, 3.63) is 69.8 Å². The molecule has 0 unspecified atom stereocenters. The van der Waals surface area contributed by atoms with Crippen LogP contribution < -0.4 is 0 Å². The molecule has 0 saturated carbocycles. The van der Waals surface area contributed by atoms with Gasteiger partial charge in [-0.15, -0.1) is 0 Å². The number of nitrogens with zero attached hydrogens (tertiary/aromatic N) is 2. The summed E-state index contributed by atoms with van der Waals surface area (Å²) < 4.78 is 0. The van der Waals surface area contributed by atoms with Crippen LogP contribution in [0.2, 0.25) is 0 Å². The lowest BCUT2D eigenvalue weighted by atomic mass is 9.78. The molecule has 5 aromatic rings. The van der Waals surface area contributed by atoms with Gasteiger partial charge in [-0.2, -0.15) is 10.5 Å². The minimum atomic E-state index is 0.284. The molecule has 2 heteroatoms. The third-order valence-electron chi connectivity index (χ3n) is 7.51. The fourth-order valence-electron chi connectivity index (χ4n) is 5.94. The van der Waals surface area contributed by atoms with E-state index in [1.807, 2.05) is 0 Å². The predicted molar refractivity (Wildman–Crippen MR) is 144 cm³/mol. The molecule has 0 amide bonds. The Morgan fingerprint density at radius 1 is 0.529 bits per heavy atom. The van der Waals surface area contributed by atoms with E-state index in [4.69, 9.17) is 0 Å². The van der Waals surface area contributed by atoms with Gasteiger partial charge in [-0.25, -0.2) is 0 Å². The molecule has 5 rings (SSSR count). The first-order valence-electron chi connectivity index (χ1n) is 12.3. The molecule has 0 aliphatic rings. The first-order chi connectivity index (χ1) is 16.2. The summed E-state index contributed by atoms with van der Waals surface area (Å²) >= 11 is 0. The molecule has 0 heterocycles. The molecule has 0 aliphatic heterocycles. The van der Waals surface area contributed by atoms with Gasteiger partial charge >= 0.3 is 0 Å². The summed E-state index contributed by atoms with van der Waals surface area (Å²) in [6.07, 6.45) is 0. The van der Waals surface area contributed by atoms with E-state index in [-0.39, 0.29) is 5.92 Å². The van der Waals surface area contributed by atoms with Crippen LogP contribution in [-0.2, 0) is 0 Å². The summed E-state index contributed by atoms with van der Waals surface area (Å²) in [6.45, 7) is 15.4. The van der Waals surface area contributed by atoms with Gasteiger partial charge in [-0.05, 0) is 91.4 Å². The Morgan fingerprint density at radius 2 is 0.971 bits per heavy atom. The van der Waals surface area contributed by atoms with E-state index >= 15 is 0 Å². The molecule has 0 fully saturated rings. The fraction of sp³-hybridized carbons (Fsp3) is 0.312. The van der Waals surface area contributed by atoms with Gasteiger partial charge in [-0.1, -0.05) is 65.8 Å². The Hall–Kier alpha value is -3.62. The van der Waals surface area contributed by atoms with Gasteiger partial charge in [0.1, 0.15) is 0 Å². The monoisotopic (exact) mass is 442 g/mol. The van der Waals surface area contributed by atoms with Gasteiger partial charge in [0.05, 0.1) is 23.3 Å². The number of hydrogen-bond donors (Lipinski definition) is 0. The maximum absolute atomic E-state index is 10.3. The van der Waals surface area contributed by atoms with E-state index < -0.39 is 0 Å². The van der Waals surface area contributed by atoms with Crippen LogP contribution in [0.5, 0.6) is 0 Å². The number of fused-ring (bicyclic) bond motifs is 2. The summed E-state index contributed by atoms with van der Waals surface area (Å²) in [5.41, 5.74) is 6.38. The number of benzene rings is 5. The molecule has 0 spiro atoms. The molecular weight excluding hydrogens is 412 g/mol. The summed E-state index contributed by atoms with van der Waals surface area (Å²) in [5, 5.41) is 29.6. The molecule has 5 aromatic carbocycles. The standard InChI is InChI=1S/C32H30N2/c1-16(2)22-10-11-24-28-20(14-33)12-25(17(3)4)27-19(7)8-9-23(31(27)28)29-21(15-34)13-26(18(5)6)30(22)32(24)29/h8-13,16-18H,1-7H3. The minimum absolute atomic E-state index is 0.284. The van der Waals surface area contributed by atoms with Crippen LogP contribution >= 0.6 is 0 Å². The molecule has 2 nitrogen and oxygen atoms in total. The lowest BCUT2D eigenvalue weighted by molar-refractivity contribution is 0.854. The Kier molecular flexibility index (Phi) is 5.03. The topological polar surface area (TPSA) is 47.6 Å². The van der Waals surface area contributed by atoms with E-state index in [1.165, 1.54) is 33.0 Å². The van der Waals surface area contributed by atoms with E-state index in [0.29, 0.717) is 11.8 Å². The van der Waals surface area contributed by atoms with Crippen LogP contribution in [0.1, 0.15) is 92.7 Å². The summed E-state index contributed by atoms with van der Waals surface area (Å²) in [7, 11) is 0. The second-order valence-electron chi connectivity index (χ2n) is 10.6. The highest BCUT2D eigenvalue weighted by atomic mass is 14.3. The van der Waals surface area contributed by atoms with Crippen LogP contribution in [-0.4, -0.2) is 0 Å². The van der Waals surface area contributed by atoms with E-state index in [2.05, 4.69) is 97.0 Å². The Morgan fingerprint density at radius 3 is 1.44 bits per heavy atom. The van der Waals surface area contributed by atoms with Gasteiger partial charge in [0.2, 0.25) is 0 Å². The van der Waals surface area contributed by atoms with Crippen molar-refractivity contribution in [1.82, 2.24) is 0 Å². The quantitative estimate of drug-likeness (QED) is 0.206. The third kappa shape index (κ3) is 2.85. The highest BCUT2D eigenvalue weighted by Gasteiger charge is 2.25. The minimum Gasteiger partial charge on any atom is -0.192 e. The van der Waals surface area contributed by atoms with Crippen molar-refractivity contribution < 1.29 is 0 Å². The van der Waals surface area contributed by atoms with Gasteiger partial charge in [0.25, 0.3) is 0 Å². The smallest absolute Gasteiger partial charge is 0.0998 e. The molecule has 0 N–H and O–H groups in total. The first-order valence-corrected chi connectivity index (χ1v) is 12.3. The summed E-state index contributed by atoms with van der Waals surface area (Å²) in [5.74, 6) is 0.927. The molecule has 0 aliphatic carbocycles. The van der Waals surface area contributed by atoms with Crippen LogP contribution in [0.3, 0.4) is 0 Å². The van der Waals surface area contributed by atoms with Crippen molar-refractivity contribution >= 4 is 43.1 Å². The van der Waals surface area contributed by atoms with E-state index in [1.54, 1.807) is 0 Å². The Labute approximate surface area is 201 Å². The van der Waals surface area contributed by atoms with Crippen LogP contribution in [0.25, 0.3) is 43.1 Å². The summed E-state index contributed by atoms with van der Waals surface area (Å²) in [4.78, 5) is 0. The molecule has 0 aromatic heterocycles. The molecule has 168 valence electrons. The molecule has 0 radical (unpaired) electrons. The molecule has 0 bridgehead atoms. The number of hydrogen-bond acceptors (Lipinski definition) is 2. The first kappa shape index (κ1) is 22.2. The van der Waals surface area contributed by atoms with Gasteiger partial charge in [0.15, 0.2) is 0 Å². The summed E-state index contributed by atoms with van der Waals surface area (Å²) in [6, 6.07) is 18.1. The fourth-order valence-corrected chi connectivity index (χ4v) is 5.94. The zero-order valence-corrected chi connectivity index (χ0v) is 21.1. The third-order valence-corrected chi connectivity index (χ3v) is 7.51. The Balaban J connectivity index is 2.26. The van der Waals surface area contributed by atoms with Crippen molar-refractivity contribution in [2.24, 2.45) is 0 Å². The highest BCUT2D eigenvalue weighted by Crippen LogP contribution is 2.48. The average molecular weight is 443 g/mol. The van der Waals surface area contributed by atoms with Crippen molar-refractivity contribution in [2.75, 3.05) is 0 Å². The molecular formula is C32H30N2. The maximum Gasteiger partial charge on any atom is 0.0998 e. The Bertz CT molecular complexity index is 1700. The van der Waals surface area contributed by atoms with E-state index in [9.17, 15) is 10.5 Å². The highest BCUT2D eigenvalue weighted by molar-refractivity contribution is 6.36. The lowest BCUT2D eigenvalue weighted by Crippen LogP contribution is -2.02. The predicted octanol–water partition coefficient (Wildman–Crippen LogP) is 9.16. The van der Waals surface area contributed by atoms with Crippen LogP contribution in [0.15, 0.2) is 36.4 Å². The maximum atomic E-state index is 10.3. The van der Waals surface area contributed by atoms with Gasteiger partial charge < -0.3 is 0 Å². The second-order valence-corrected chi connectivity index (χ2v) is 10.6. The van der Waals surface area contributed by atoms with Crippen molar-refractivity contribution in [3.63, 3.8) is 0 Å². The van der Waals surface area contributed by atoms with Crippen molar-refractivity contribution in [3.8, 4) is 12.1 Å². The zero-order chi connectivity index (χ0) is 24.5. The lowest BCUT2D eigenvalue weighted by Gasteiger charge is -2.24. The van der Waals surface area contributed by atoms with Crippen molar-refractivity contribution in [2.45, 2.75) is 66.2 Å². The van der Waals surface area contributed by atoms with Crippen LogP contribution in [0.4, 0.5) is 0 Å². The van der Waals surface area contributed by atoms with E-state index in [0.717, 1.165) is 43.4 Å². The SMILES string of the molecule is Cc1ccc2c3c(C#N)cc(C(C)C)c4c(C(C)C)ccc(c5c(C#N)cc(C(C)C)c1c25)c43. The second kappa shape index (κ2) is 7.72. The van der Waals surface area contributed by atoms with Crippen LogP contribution in [0, 0.1) is 29.6 Å². The molecule has 0 atom stereocenters.